The van der Waals surface area contributed by atoms with Crippen molar-refractivity contribution < 1.29 is 38.0 Å². The molecule has 0 N–H and O–H groups in total. The number of esters is 2. The third-order valence-corrected chi connectivity index (χ3v) is 9.62. The van der Waals surface area contributed by atoms with Gasteiger partial charge >= 0.3 is 11.9 Å². The molecule has 6 rings (SSSR count). The quantitative estimate of drug-likeness (QED) is 0.130. The average molecular weight is 799 g/mol. The molecule has 2 aromatic carbocycles. The number of ether oxygens (including phenoxy) is 6. The fourth-order valence-electron chi connectivity index (χ4n) is 5.46. The highest BCUT2D eigenvalue weighted by atomic mass is 35.5. The van der Waals surface area contributed by atoms with Gasteiger partial charge in [-0.1, -0.05) is 46.4 Å². The van der Waals surface area contributed by atoms with Crippen LogP contribution in [0.25, 0.3) is 11.4 Å². The van der Waals surface area contributed by atoms with E-state index in [-0.39, 0.29) is 25.0 Å². The Balaban J connectivity index is 1.08. The first kappa shape index (κ1) is 38.1. The Morgan fingerprint density at radius 3 is 1.40 bits per heavy atom. The number of benzene rings is 2. The molecule has 4 aromatic rings. The van der Waals surface area contributed by atoms with E-state index in [0.717, 1.165) is 0 Å². The first-order valence-corrected chi connectivity index (χ1v) is 18.0. The first-order chi connectivity index (χ1) is 25.2. The van der Waals surface area contributed by atoms with Crippen LogP contribution >= 0.6 is 46.4 Å². The Morgan fingerprint density at radius 2 is 1.02 bits per heavy atom. The van der Waals surface area contributed by atoms with Crippen LogP contribution in [0, 0.1) is 0 Å². The van der Waals surface area contributed by atoms with Crippen LogP contribution in [0.2, 0.25) is 20.1 Å². The molecule has 2 aliphatic heterocycles. The van der Waals surface area contributed by atoms with Crippen LogP contribution in [-0.4, -0.2) is 132 Å². The van der Waals surface area contributed by atoms with Crippen LogP contribution < -0.4 is 9.47 Å². The lowest BCUT2D eigenvalue weighted by molar-refractivity contribution is -0.177. The molecule has 0 saturated carbocycles. The zero-order valence-electron chi connectivity index (χ0n) is 27.9. The summed E-state index contributed by atoms with van der Waals surface area (Å²) < 4.78 is 37.3. The summed E-state index contributed by atoms with van der Waals surface area (Å²) in [5.41, 5.74) is 1.36. The maximum Gasteiger partial charge on any atom is 0.417 e. The van der Waals surface area contributed by atoms with Crippen molar-refractivity contribution in [1.82, 2.24) is 29.4 Å². The van der Waals surface area contributed by atoms with E-state index in [9.17, 15) is 9.59 Å². The lowest BCUT2D eigenvalue weighted by Crippen LogP contribution is -2.46. The zero-order valence-corrected chi connectivity index (χ0v) is 30.9. The highest BCUT2D eigenvalue weighted by Crippen LogP contribution is 2.26. The summed E-state index contributed by atoms with van der Waals surface area (Å²) in [6.07, 6.45) is 1.74. The largest absolute Gasteiger partial charge is 0.473 e. The molecular weight excluding hydrogens is 762 g/mol. The molecule has 2 fully saturated rings. The molecule has 14 nitrogen and oxygen atoms in total. The smallest absolute Gasteiger partial charge is 0.417 e. The van der Waals surface area contributed by atoms with Gasteiger partial charge in [-0.15, -0.1) is 10.2 Å². The molecule has 0 bridgehead atoms. The minimum absolute atomic E-state index is 0.0728. The first-order valence-electron chi connectivity index (χ1n) is 16.5. The molecule has 4 heterocycles. The molecule has 2 aromatic heterocycles. The number of hydrogen-bond donors (Lipinski definition) is 0. The van der Waals surface area contributed by atoms with E-state index in [4.69, 9.17) is 74.8 Å². The number of aromatic nitrogens is 4. The van der Waals surface area contributed by atoms with E-state index >= 15 is 0 Å². The summed E-state index contributed by atoms with van der Waals surface area (Å²) in [5, 5.41) is 10.5. The predicted octanol–water partition coefficient (Wildman–Crippen LogP) is 4.62. The summed E-state index contributed by atoms with van der Waals surface area (Å²) in [6.45, 7) is 5.11. The minimum Gasteiger partial charge on any atom is -0.473 e. The van der Waals surface area contributed by atoms with E-state index in [0.29, 0.717) is 97.2 Å². The van der Waals surface area contributed by atoms with Crippen LogP contribution in [-0.2, 0) is 28.5 Å². The maximum atomic E-state index is 13.2. The Hall–Kier alpha value is -3.60. The molecule has 52 heavy (non-hydrogen) atoms. The second-order valence-electron chi connectivity index (χ2n) is 11.9. The van der Waals surface area contributed by atoms with Crippen molar-refractivity contribution in [3.63, 3.8) is 0 Å². The van der Waals surface area contributed by atoms with Gasteiger partial charge < -0.3 is 28.4 Å². The molecule has 2 aliphatic rings. The normalized spacial score (nSPS) is 16.6. The van der Waals surface area contributed by atoms with Gasteiger partial charge in [0.05, 0.1) is 57.9 Å². The van der Waals surface area contributed by atoms with Gasteiger partial charge in [-0.25, -0.2) is 19.0 Å². The standard InChI is InChI=1S/C34H36Cl4N6O8/c35-27-3-1-23(17-29(27)37)43-7-5-31(39-43)49-21-25(19-41-9-13-47-14-10-41)51-33(45)34(46)52-26(20-42-11-15-48-16-12-42)22-50-32-6-8-44(40-32)24-2-4-28(36)30(38)18-24/h1-8,17-18,25-26H,9-16,19-22H2. The molecule has 0 aliphatic carbocycles. The van der Waals surface area contributed by atoms with Crippen molar-refractivity contribution in [3.8, 4) is 23.1 Å². The van der Waals surface area contributed by atoms with Crippen molar-refractivity contribution in [2.24, 2.45) is 0 Å². The molecule has 2 saturated heterocycles. The fourth-order valence-corrected chi connectivity index (χ4v) is 6.04. The SMILES string of the molecule is O=C(OC(COc1ccn(-c2ccc(Cl)c(Cl)c2)n1)CN1CCOCC1)C(=O)OC(COc1ccn(-c2ccc(Cl)c(Cl)c2)n1)CN1CCOCC1. The topological polar surface area (TPSA) is 132 Å². The van der Waals surface area contributed by atoms with Gasteiger partial charge in [-0.3, -0.25) is 9.80 Å². The highest BCUT2D eigenvalue weighted by Gasteiger charge is 2.30. The number of carbonyl (C=O) groups is 2. The fraction of sp³-hybridized carbons (Fsp3) is 0.412. The summed E-state index contributed by atoms with van der Waals surface area (Å²) >= 11 is 24.4. The monoisotopic (exact) mass is 796 g/mol. The van der Waals surface area contributed by atoms with Crippen molar-refractivity contribution in [1.29, 1.82) is 0 Å². The third kappa shape index (κ3) is 10.7. The molecule has 2 unspecified atom stereocenters. The summed E-state index contributed by atoms with van der Waals surface area (Å²) in [6, 6.07) is 13.5. The summed E-state index contributed by atoms with van der Waals surface area (Å²) in [7, 11) is 0. The second kappa shape index (κ2) is 18.4. The predicted molar refractivity (Wildman–Crippen MR) is 192 cm³/mol. The van der Waals surface area contributed by atoms with E-state index < -0.39 is 24.1 Å². The molecule has 0 amide bonds. The number of nitrogens with zero attached hydrogens (tertiary/aromatic N) is 6. The van der Waals surface area contributed by atoms with Gasteiger partial charge in [0.1, 0.15) is 25.4 Å². The van der Waals surface area contributed by atoms with E-state index in [2.05, 4.69) is 20.0 Å². The van der Waals surface area contributed by atoms with Crippen molar-refractivity contribution in [2.45, 2.75) is 12.2 Å². The van der Waals surface area contributed by atoms with Crippen molar-refractivity contribution in [2.75, 3.05) is 78.9 Å². The van der Waals surface area contributed by atoms with E-state index in [1.807, 2.05) is 0 Å². The van der Waals surface area contributed by atoms with Crippen LogP contribution in [0.5, 0.6) is 11.8 Å². The summed E-state index contributed by atoms with van der Waals surface area (Å²) in [4.78, 5) is 30.6. The van der Waals surface area contributed by atoms with Gasteiger partial charge in [-0.2, -0.15) is 0 Å². The van der Waals surface area contributed by atoms with Crippen LogP contribution in [0.4, 0.5) is 0 Å². The maximum absolute atomic E-state index is 13.2. The number of morpholine rings is 2. The molecular formula is C34H36Cl4N6O8. The Kier molecular flexibility index (Phi) is 13.5. The van der Waals surface area contributed by atoms with Gasteiger partial charge in [0.15, 0.2) is 0 Å². The third-order valence-electron chi connectivity index (χ3n) is 8.14. The molecule has 278 valence electrons. The second-order valence-corrected chi connectivity index (χ2v) is 13.5. The number of rotatable bonds is 14. The summed E-state index contributed by atoms with van der Waals surface area (Å²) in [5.74, 6) is -1.75. The van der Waals surface area contributed by atoms with Crippen LogP contribution in [0.1, 0.15) is 0 Å². The molecule has 0 spiro atoms. The van der Waals surface area contributed by atoms with Gasteiger partial charge in [0.25, 0.3) is 0 Å². The average Bonchev–Trinajstić information content (AvgIpc) is 3.83. The van der Waals surface area contributed by atoms with Crippen molar-refractivity contribution >= 4 is 58.3 Å². The lowest BCUT2D eigenvalue weighted by atomic mass is 10.3. The van der Waals surface area contributed by atoms with Gasteiger partial charge in [0, 0.05) is 63.8 Å². The van der Waals surface area contributed by atoms with Crippen LogP contribution in [0.3, 0.4) is 0 Å². The number of carbonyl (C=O) groups excluding carboxylic acids is 2. The zero-order chi connectivity index (χ0) is 36.5. The molecule has 0 radical (unpaired) electrons. The lowest BCUT2D eigenvalue weighted by Gasteiger charge is -2.30. The number of hydrogen-bond acceptors (Lipinski definition) is 12. The Labute approximate surface area is 319 Å². The van der Waals surface area contributed by atoms with E-state index in [1.165, 1.54) is 0 Å². The Bertz CT molecular complexity index is 1680. The van der Waals surface area contributed by atoms with Gasteiger partial charge in [0.2, 0.25) is 11.8 Å². The minimum atomic E-state index is -1.15. The van der Waals surface area contributed by atoms with Gasteiger partial charge in [-0.05, 0) is 36.4 Å². The van der Waals surface area contributed by atoms with Crippen LogP contribution in [0.15, 0.2) is 60.9 Å². The highest BCUT2D eigenvalue weighted by molar-refractivity contribution is 6.42. The number of halogens is 4. The van der Waals surface area contributed by atoms with Crippen molar-refractivity contribution in [3.05, 3.63) is 81.0 Å². The van der Waals surface area contributed by atoms with E-state index in [1.54, 1.807) is 70.3 Å². The molecule has 2 atom stereocenters. The molecule has 18 heteroatoms. The Morgan fingerprint density at radius 1 is 0.615 bits per heavy atom.